The minimum Gasteiger partial charge on any atom is -0.309 e. The molecule has 0 saturated heterocycles. The second-order valence-electron chi connectivity index (χ2n) is 8.06. The lowest BCUT2D eigenvalue weighted by Crippen LogP contribution is -2.35. The van der Waals surface area contributed by atoms with E-state index in [0.717, 1.165) is 23.2 Å². The van der Waals surface area contributed by atoms with Crippen LogP contribution < -0.4 is 9.62 Å². The Balaban J connectivity index is 1.40. The molecular weight excluding hydrogens is 408 g/mol. The molecule has 0 spiro atoms. The van der Waals surface area contributed by atoms with Gasteiger partial charge >= 0.3 is 0 Å². The monoisotopic (exact) mass is 434 g/mol. The van der Waals surface area contributed by atoms with Crippen molar-refractivity contribution in [3.05, 3.63) is 89.5 Å². The van der Waals surface area contributed by atoms with Gasteiger partial charge < -0.3 is 4.90 Å². The minimum atomic E-state index is -3.65. The number of sulfonamides is 1. The van der Waals surface area contributed by atoms with Gasteiger partial charge in [-0.2, -0.15) is 0 Å². The average molecular weight is 435 g/mol. The van der Waals surface area contributed by atoms with E-state index in [1.54, 1.807) is 36.4 Å². The molecule has 4 rings (SSSR count). The lowest BCUT2D eigenvalue weighted by atomic mass is 10.1. The number of nitrogens with zero attached hydrogens (tertiary/aromatic N) is 1. The molecule has 3 aromatic carbocycles. The van der Waals surface area contributed by atoms with Crippen LogP contribution in [0.15, 0.2) is 77.7 Å². The van der Waals surface area contributed by atoms with Crippen LogP contribution in [-0.2, 0) is 27.7 Å². The lowest BCUT2D eigenvalue weighted by molar-refractivity contribution is -0.118. The van der Waals surface area contributed by atoms with Gasteiger partial charge in [-0.3, -0.25) is 9.52 Å². The van der Waals surface area contributed by atoms with E-state index < -0.39 is 10.0 Å². The summed E-state index contributed by atoms with van der Waals surface area (Å²) < 4.78 is 27.8. The molecule has 1 aliphatic heterocycles. The number of hydrogen-bond acceptors (Lipinski definition) is 3. The van der Waals surface area contributed by atoms with Gasteiger partial charge in [0, 0.05) is 23.8 Å². The second kappa shape index (κ2) is 8.55. The van der Waals surface area contributed by atoms with Crippen molar-refractivity contribution in [2.24, 2.45) is 0 Å². The molecule has 5 nitrogen and oxygen atoms in total. The van der Waals surface area contributed by atoms with Crippen molar-refractivity contribution in [2.45, 2.75) is 44.0 Å². The highest BCUT2D eigenvalue weighted by Gasteiger charge is 2.30. The summed E-state index contributed by atoms with van der Waals surface area (Å²) in [5.74, 6) is 0.0928. The van der Waals surface area contributed by atoms with Gasteiger partial charge in [-0.05, 0) is 68.1 Å². The molecule has 1 N–H and O–H groups in total. The van der Waals surface area contributed by atoms with Gasteiger partial charge in [0.25, 0.3) is 10.0 Å². The number of fused-ring (bicyclic) bond motifs is 1. The number of carbonyl (C=O) groups excluding carboxylic acids is 1. The molecule has 6 heteroatoms. The molecule has 1 atom stereocenters. The van der Waals surface area contributed by atoms with E-state index in [-0.39, 0.29) is 16.8 Å². The van der Waals surface area contributed by atoms with E-state index in [9.17, 15) is 13.2 Å². The van der Waals surface area contributed by atoms with Gasteiger partial charge in [0.1, 0.15) is 0 Å². The first kappa shape index (κ1) is 21.1. The Morgan fingerprint density at radius 1 is 1.00 bits per heavy atom. The molecule has 1 aliphatic rings. The first-order chi connectivity index (χ1) is 14.8. The number of amides is 1. The van der Waals surface area contributed by atoms with Crippen LogP contribution in [-0.4, -0.2) is 20.4 Å². The number of anilines is 2. The molecule has 31 heavy (non-hydrogen) atoms. The second-order valence-corrected chi connectivity index (χ2v) is 9.74. The summed E-state index contributed by atoms with van der Waals surface area (Å²) in [7, 11) is -3.65. The minimum absolute atomic E-state index is 0.0928. The number of nitrogens with one attached hydrogen (secondary N) is 1. The largest absolute Gasteiger partial charge is 0.309 e. The van der Waals surface area contributed by atoms with Crippen LogP contribution in [0.5, 0.6) is 0 Å². The zero-order valence-electron chi connectivity index (χ0n) is 17.7. The maximum absolute atomic E-state index is 12.9. The van der Waals surface area contributed by atoms with E-state index in [2.05, 4.69) is 17.7 Å². The number of hydrogen-bond donors (Lipinski definition) is 1. The first-order valence-electron chi connectivity index (χ1n) is 10.4. The average Bonchev–Trinajstić information content (AvgIpc) is 3.09. The van der Waals surface area contributed by atoms with Gasteiger partial charge in [0.15, 0.2) is 0 Å². The predicted molar refractivity (Wildman–Crippen MR) is 124 cm³/mol. The Kier molecular flexibility index (Phi) is 5.83. The third-order valence-electron chi connectivity index (χ3n) is 5.64. The van der Waals surface area contributed by atoms with E-state index in [1.807, 2.05) is 42.2 Å². The third kappa shape index (κ3) is 4.64. The standard InChI is InChI=1S/C25H26N2O3S/c1-18-7-12-22(13-8-18)26-31(29,30)23-14-9-20(10-15-23)11-16-25(28)27-19(2)17-21-5-3-4-6-24(21)27/h3-10,12-15,19,26H,11,16-17H2,1-2H3/t19-/m1/s1. The van der Waals surface area contributed by atoms with Gasteiger partial charge in [-0.25, -0.2) is 8.42 Å². The smallest absolute Gasteiger partial charge is 0.261 e. The Bertz CT molecular complexity index is 1190. The van der Waals surface area contributed by atoms with Gasteiger partial charge in [-0.15, -0.1) is 0 Å². The fourth-order valence-electron chi connectivity index (χ4n) is 3.99. The van der Waals surface area contributed by atoms with Gasteiger partial charge in [-0.1, -0.05) is 48.0 Å². The maximum Gasteiger partial charge on any atom is 0.261 e. The van der Waals surface area contributed by atoms with Crippen molar-refractivity contribution in [2.75, 3.05) is 9.62 Å². The fourth-order valence-corrected chi connectivity index (χ4v) is 5.05. The van der Waals surface area contributed by atoms with Crippen LogP contribution >= 0.6 is 0 Å². The summed E-state index contributed by atoms with van der Waals surface area (Å²) in [6.45, 7) is 4.02. The van der Waals surface area contributed by atoms with Crippen molar-refractivity contribution < 1.29 is 13.2 Å². The molecule has 0 fully saturated rings. The summed E-state index contributed by atoms with van der Waals surface area (Å²) in [5.41, 5.74) is 4.74. The molecule has 1 heterocycles. The number of rotatable bonds is 6. The lowest BCUT2D eigenvalue weighted by Gasteiger charge is -2.22. The number of aryl methyl sites for hydroxylation is 2. The van der Waals surface area contributed by atoms with E-state index >= 15 is 0 Å². The summed E-state index contributed by atoms with van der Waals surface area (Å²) in [6, 6.07) is 22.1. The van der Waals surface area contributed by atoms with Crippen LogP contribution in [0, 0.1) is 6.92 Å². The Morgan fingerprint density at radius 2 is 1.68 bits per heavy atom. The molecule has 0 aromatic heterocycles. The molecule has 160 valence electrons. The summed E-state index contributed by atoms with van der Waals surface area (Å²) >= 11 is 0. The highest BCUT2D eigenvalue weighted by Crippen LogP contribution is 2.32. The van der Waals surface area contributed by atoms with Crippen molar-refractivity contribution in [3.8, 4) is 0 Å². The van der Waals surface area contributed by atoms with Gasteiger partial charge in [0.2, 0.25) is 5.91 Å². The fraction of sp³-hybridized carbons (Fsp3) is 0.240. The van der Waals surface area contributed by atoms with Crippen molar-refractivity contribution in [3.63, 3.8) is 0 Å². The van der Waals surface area contributed by atoms with Crippen LogP contribution in [0.1, 0.15) is 30.0 Å². The van der Waals surface area contributed by atoms with Crippen molar-refractivity contribution in [1.82, 2.24) is 0 Å². The molecule has 0 radical (unpaired) electrons. The van der Waals surface area contributed by atoms with Gasteiger partial charge in [0.05, 0.1) is 4.90 Å². The van der Waals surface area contributed by atoms with E-state index in [4.69, 9.17) is 0 Å². The molecule has 0 saturated carbocycles. The summed E-state index contributed by atoms with van der Waals surface area (Å²) in [6.07, 6.45) is 1.82. The van der Waals surface area contributed by atoms with E-state index in [0.29, 0.717) is 18.5 Å². The molecule has 0 unspecified atom stereocenters. The zero-order valence-corrected chi connectivity index (χ0v) is 18.5. The first-order valence-corrected chi connectivity index (χ1v) is 11.9. The Morgan fingerprint density at radius 3 is 2.39 bits per heavy atom. The van der Waals surface area contributed by atoms with E-state index in [1.165, 1.54) is 5.56 Å². The van der Waals surface area contributed by atoms with Crippen LogP contribution in [0.25, 0.3) is 0 Å². The summed E-state index contributed by atoms with van der Waals surface area (Å²) in [4.78, 5) is 15.0. The zero-order chi connectivity index (χ0) is 22.0. The molecule has 0 bridgehead atoms. The molecule has 1 amide bonds. The number of para-hydroxylation sites is 1. The highest BCUT2D eigenvalue weighted by molar-refractivity contribution is 7.92. The molecular formula is C25H26N2O3S. The summed E-state index contributed by atoms with van der Waals surface area (Å²) in [5, 5.41) is 0. The van der Waals surface area contributed by atoms with Crippen molar-refractivity contribution >= 4 is 27.3 Å². The third-order valence-corrected chi connectivity index (χ3v) is 7.04. The molecule has 3 aromatic rings. The molecule has 0 aliphatic carbocycles. The quantitative estimate of drug-likeness (QED) is 0.611. The predicted octanol–water partition coefficient (Wildman–Crippen LogP) is 4.71. The Hall–Kier alpha value is -3.12. The number of carbonyl (C=O) groups is 1. The van der Waals surface area contributed by atoms with Crippen LogP contribution in [0.3, 0.4) is 0 Å². The highest BCUT2D eigenvalue weighted by atomic mass is 32.2. The Labute approximate surface area is 183 Å². The number of benzene rings is 3. The van der Waals surface area contributed by atoms with Crippen LogP contribution in [0.4, 0.5) is 11.4 Å². The van der Waals surface area contributed by atoms with Crippen molar-refractivity contribution in [1.29, 1.82) is 0 Å². The SMILES string of the molecule is Cc1ccc(NS(=O)(=O)c2ccc(CCC(=O)N3c4ccccc4C[C@H]3C)cc2)cc1. The van der Waals surface area contributed by atoms with Crippen LogP contribution in [0.2, 0.25) is 0 Å². The maximum atomic E-state index is 12.9. The topological polar surface area (TPSA) is 66.5 Å². The normalized spacial score (nSPS) is 15.5.